The van der Waals surface area contributed by atoms with E-state index in [2.05, 4.69) is 25.5 Å². The molecule has 0 aliphatic rings. The second-order valence-electron chi connectivity index (χ2n) is 6.05. The van der Waals surface area contributed by atoms with Gasteiger partial charge in [0.05, 0.1) is 18.2 Å². The molecule has 8 nitrogen and oxygen atoms in total. The summed E-state index contributed by atoms with van der Waals surface area (Å²) in [6.45, 7) is 6.99. The van der Waals surface area contributed by atoms with E-state index in [-0.39, 0.29) is 17.9 Å². The van der Waals surface area contributed by atoms with E-state index in [0.29, 0.717) is 36.3 Å². The SMILES string of the molecule is COCCCOc1ccc(C(=O)N[C@H](c2n[nH]c(C)n2)C(C)C)cn1. The minimum absolute atomic E-state index is 0.149. The number of rotatable bonds is 9. The maximum absolute atomic E-state index is 12.5. The van der Waals surface area contributed by atoms with Crippen molar-refractivity contribution in [1.82, 2.24) is 25.5 Å². The summed E-state index contributed by atoms with van der Waals surface area (Å²) in [5.41, 5.74) is 0.460. The minimum atomic E-state index is -0.276. The summed E-state index contributed by atoms with van der Waals surface area (Å²) in [7, 11) is 1.65. The smallest absolute Gasteiger partial charge is 0.253 e. The third kappa shape index (κ3) is 5.53. The summed E-state index contributed by atoms with van der Waals surface area (Å²) in [6.07, 6.45) is 2.29. The fourth-order valence-electron chi connectivity index (χ4n) is 2.23. The Morgan fingerprint density at radius 3 is 2.68 bits per heavy atom. The van der Waals surface area contributed by atoms with Crippen LogP contribution in [0.4, 0.5) is 0 Å². The molecule has 0 aromatic carbocycles. The molecule has 8 heteroatoms. The number of carbonyl (C=O) groups excluding carboxylic acids is 1. The first kappa shape index (κ1) is 18.9. The van der Waals surface area contributed by atoms with Crippen molar-refractivity contribution in [1.29, 1.82) is 0 Å². The number of aromatic amines is 1. The lowest BCUT2D eigenvalue weighted by Gasteiger charge is -2.19. The van der Waals surface area contributed by atoms with E-state index in [9.17, 15) is 4.79 Å². The summed E-state index contributed by atoms with van der Waals surface area (Å²) in [5.74, 6) is 1.70. The van der Waals surface area contributed by atoms with Gasteiger partial charge in [-0.2, -0.15) is 5.10 Å². The molecule has 2 heterocycles. The van der Waals surface area contributed by atoms with Gasteiger partial charge in [0.2, 0.25) is 5.88 Å². The van der Waals surface area contributed by atoms with Crippen molar-refractivity contribution in [3.8, 4) is 5.88 Å². The number of hydrogen-bond acceptors (Lipinski definition) is 6. The van der Waals surface area contributed by atoms with E-state index in [1.54, 1.807) is 19.2 Å². The van der Waals surface area contributed by atoms with E-state index in [1.165, 1.54) is 6.20 Å². The van der Waals surface area contributed by atoms with Gasteiger partial charge in [0.25, 0.3) is 5.91 Å². The quantitative estimate of drug-likeness (QED) is 0.673. The summed E-state index contributed by atoms with van der Waals surface area (Å²) in [4.78, 5) is 21.0. The number of nitrogens with one attached hydrogen (secondary N) is 2. The predicted molar refractivity (Wildman–Crippen MR) is 92.4 cm³/mol. The summed E-state index contributed by atoms with van der Waals surface area (Å²) >= 11 is 0. The van der Waals surface area contributed by atoms with Crippen molar-refractivity contribution >= 4 is 5.91 Å². The number of carbonyl (C=O) groups is 1. The Hall–Kier alpha value is -2.48. The van der Waals surface area contributed by atoms with Crippen molar-refractivity contribution in [3.63, 3.8) is 0 Å². The molecule has 2 N–H and O–H groups in total. The molecule has 0 unspecified atom stereocenters. The zero-order valence-corrected chi connectivity index (χ0v) is 15.1. The molecule has 2 rings (SSSR count). The van der Waals surface area contributed by atoms with E-state index >= 15 is 0 Å². The predicted octanol–water partition coefficient (Wildman–Crippen LogP) is 2.05. The molecule has 1 amide bonds. The number of pyridine rings is 1. The average molecular weight is 347 g/mol. The third-order valence-electron chi connectivity index (χ3n) is 3.59. The average Bonchev–Trinajstić information content (AvgIpc) is 3.02. The molecule has 0 bridgehead atoms. The molecular weight excluding hydrogens is 322 g/mol. The maximum atomic E-state index is 12.5. The molecule has 0 aliphatic heterocycles. The molecule has 1 atom stereocenters. The van der Waals surface area contributed by atoms with Gasteiger partial charge in [0, 0.05) is 32.4 Å². The van der Waals surface area contributed by atoms with Gasteiger partial charge in [-0.1, -0.05) is 13.8 Å². The van der Waals surface area contributed by atoms with Crippen LogP contribution in [0, 0.1) is 12.8 Å². The second-order valence-corrected chi connectivity index (χ2v) is 6.05. The first-order chi connectivity index (χ1) is 12.0. The van der Waals surface area contributed by atoms with Crippen LogP contribution >= 0.6 is 0 Å². The van der Waals surface area contributed by atoms with Crippen molar-refractivity contribution in [3.05, 3.63) is 35.5 Å². The van der Waals surface area contributed by atoms with Crippen LogP contribution < -0.4 is 10.1 Å². The van der Waals surface area contributed by atoms with Crippen LogP contribution in [-0.2, 0) is 4.74 Å². The Bertz CT molecular complexity index is 669. The number of nitrogens with zero attached hydrogens (tertiary/aromatic N) is 3. The Morgan fingerprint density at radius 2 is 2.12 bits per heavy atom. The number of ether oxygens (including phenoxy) is 2. The highest BCUT2D eigenvalue weighted by molar-refractivity contribution is 5.94. The van der Waals surface area contributed by atoms with Gasteiger partial charge < -0.3 is 14.8 Å². The standard InChI is InChI=1S/C17H25N5O3/c1-11(2)15(16-19-12(3)21-22-16)20-17(23)13-6-7-14(18-10-13)25-9-5-8-24-4/h6-7,10-11,15H,5,8-9H2,1-4H3,(H,20,23)(H,19,21,22)/t15-/m0/s1. The molecule has 136 valence electrons. The lowest BCUT2D eigenvalue weighted by Crippen LogP contribution is -2.32. The Balaban J connectivity index is 1.97. The van der Waals surface area contributed by atoms with Crippen LogP contribution in [0.1, 0.15) is 48.3 Å². The summed E-state index contributed by atoms with van der Waals surface area (Å²) < 4.78 is 10.4. The first-order valence-electron chi connectivity index (χ1n) is 8.28. The van der Waals surface area contributed by atoms with E-state index in [0.717, 1.165) is 6.42 Å². The van der Waals surface area contributed by atoms with E-state index in [1.807, 2.05) is 20.8 Å². The number of amides is 1. The number of methoxy groups -OCH3 is 1. The monoisotopic (exact) mass is 347 g/mol. The highest BCUT2D eigenvalue weighted by atomic mass is 16.5. The molecule has 2 aromatic rings. The number of aryl methyl sites for hydroxylation is 1. The van der Waals surface area contributed by atoms with Gasteiger partial charge in [-0.25, -0.2) is 9.97 Å². The molecule has 0 fully saturated rings. The molecule has 0 saturated heterocycles. The number of H-pyrrole nitrogens is 1. The fourth-order valence-corrected chi connectivity index (χ4v) is 2.23. The Morgan fingerprint density at radius 1 is 1.32 bits per heavy atom. The third-order valence-corrected chi connectivity index (χ3v) is 3.59. The van der Waals surface area contributed by atoms with Gasteiger partial charge in [-0.05, 0) is 18.9 Å². The lowest BCUT2D eigenvalue weighted by atomic mass is 10.0. The van der Waals surface area contributed by atoms with Gasteiger partial charge in [0.15, 0.2) is 5.82 Å². The number of aromatic nitrogens is 4. The Labute approximate surface area is 147 Å². The maximum Gasteiger partial charge on any atom is 0.253 e. The molecule has 25 heavy (non-hydrogen) atoms. The zero-order chi connectivity index (χ0) is 18.2. The van der Waals surface area contributed by atoms with Gasteiger partial charge in [-0.15, -0.1) is 0 Å². The summed E-state index contributed by atoms with van der Waals surface area (Å²) in [6, 6.07) is 3.10. The topological polar surface area (TPSA) is 102 Å². The van der Waals surface area contributed by atoms with Crippen molar-refractivity contribution in [2.45, 2.75) is 33.2 Å². The summed E-state index contributed by atoms with van der Waals surface area (Å²) in [5, 5.41) is 9.91. The Kier molecular flexibility index (Phi) is 6.88. The highest BCUT2D eigenvalue weighted by Crippen LogP contribution is 2.19. The van der Waals surface area contributed by atoms with Crippen LogP contribution in [0.15, 0.2) is 18.3 Å². The molecule has 0 saturated carbocycles. The number of hydrogen-bond donors (Lipinski definition) is 2. The van der Waals surface area contributed by atoms with Crippen molar-refractivity contribution < 1.29 is 14.3 Å². The molecular formula is C17H25N5O3. The van der Waals surface area contributed by atoms with Crippen LogP contribution in [0.2, 0.25) is 0 Å². The van der Waals surface area contributed by atoms with Crippen LogP contribution in [0.3, 0.4) is 0 Å². The highest BCUT2D eigenvalue weighted by Gasteiger charge is 2.23. The normalized spacial score (nSPS) is 12.2. The van der Waals surface area contributed by atoms with E-state index in [4.69, 9.17) is 9.47 Å². The van der Waals surface area contributed by atoms with Gasteiger partial charge in [0.1, 0.15) is 5.82 Å². The lowest BCUT2D eigenvalue weighted by molar-refractivity contribution is 0.0922. The molecule has 0 spiro atoms. The molecule has 0 aliphatic carbocycles. The van der Waals surface area contributed by atoms with Gasteiger partial charge in [-0.3, -0.25) is 9.89 Å². The van der Waals surface area contributed by atoms with Crippen LogP contribution in [-0.4, -0.2) is 46.4 Å². The minimum Gasteiger partial charge on any atom is -0.478 e. The molecule has 2 aromatic heterocycles. The van der Waals surface area contributed by atoms with Crippen molar-refractivity contribution in [2.75, 3.05) is 20.3 Å². The van der Waals surface area contributed by atoms with Crippen LogP contribution in [0.25, 0.3) is 0 Å². The largest absolute Gasteiger partial charge is 0.478 e. The van der Waals surface area contributed by atoms with Gasteiger partial charge >= 0.3 is 0 Å². The fraction of sp³-hybridized carbons (Fsp3) is 0.529. The van der Waals surface area contributed by atoms with Crippen molar-refractivity contribution in [2.24, 2.45) is 5.92 Å². The first-order valence-corrected chi connectivity index (χ1v) is 8.28. The van der Waals surface area contributed by atoms with E-state index < -0.39 is 0 Å². The zero-order valence-electron chi connectivity index (χ0n) is 15.1. The van der Waals surface area contributed by atoms with Crippen LogP contribution in [0.5, 0.6) is 5.88 Å². The molecule has 0 radical (unpaired) electrons. The second kappa shape index (κ2) is 9.12.